The van der Waals surface area contributed by atoms with Gasteiger partial charge >= 0.3 is 17.9 Å². The number of para-hydroxylation sites is 1. The Bertz CT molecular complexity index is 861. The van der Waals surface area contributed by atoms with Crippen molar-refractivity contribution in [3.05, 3.63) is 75.3 Å². The number of ether oxygens (including phenoxy) is 2. The van der Waals surface area contributed by atoms with Gasteiger partial charge in [0, 0.05) is 6.92 Å². The molecule has 0 spiro atoms. The molecule has 0 radical (unpaired) electrons. The van der Waals surface area contributed by atoms with Crippen LogP contribution in [-0.4, -0.2) is 23.0 Å². The summed E-state index contributed by atoms with van der Waals surface area (Å²) < 4.78 is 9.68. The van der Waals surface area contributed by atoms with Gasteiger partial charge in [0.1, 0.15) is 17.9 Å². The minimum Gasteiger partial charge on any atom is -0.426 e. The molecule has 0 saturated carbocycles. The third-order valence-electron chi connectivity index (χ3n) is 3.05. The lowest BCUT2D eigenvalue weighted by Crippen LogP contribution is -2.15. The largest absolute Gasteiger partial charge is 0.426 e. The van der Waals surface area contributed by atoms with E-state index >= 15 is 0 Å². The van der Waals surface area contributed by atoms with Crippen molar-refractivity contribution in [2.24, 2.45) is 0 Å². The summed E-state index contributed by atoms with van der Waals surface area (Å²) in [6.07, 6.45) is 0. The van der Waals surface area contributed by atoms with E-state index in [-0.39, 0.29) is 23.5 Å². The van der Waals surface area contributed by atoms with E-state index in [4.69, 9.17) is 9.47 Å². The summed E-state index contributed by atoms with van der Waals surface area (Å²) in [5.41, 5.74) is 0.264. The van der Waals surface area contributed by atoms with Gasteiger partial charge in [-0.2, -0.15) is 0 Å². The first-order valence-electron chi connectivity index (χ1n) is 7.27. The minimum absolute atomic E-state index is 0.00719. The van der Waals surface area contributed by atoms with E-state index in [1.165, 1.54) is 49.4 Å². The second-order valence-corrected chi connectivity index (χ2v) is 4.96. The van der Waals surface area contributed by atoms with Crippen molar-refractivity contribution in [2.75, 3.05) is 0 Å². The first-order valence-corrected chi connectivity index (χ1v) is 7.27. The average Bonchev–Trinajstić information content (AvgIpc) is 2.60. The number of hydrogen-bond acceptors (Lipinski definition) is 8. The van der Waals surface area contributed by atoms with E-state index in [0.29, 0.717) is 5.56 Å². The Balaban J connectivity index is 2.12. The van der Waals surface area contributed by atoms with Crippen LogP contribution in [0.15, 0.2) is 48.5 Å². The van der Waals surface area contributed by atoms with Crippen molar-refractivity contribution in [3.63, 3.8) is 0 Å². The summed E-state index contributed by atoms with van der Waals surface area (Å²) in [6.45, 7) is 0.823. The SMILES string of the molecule is CC(=O)Oc1ccccc1C(=O)OC(=O)c1cccc(CO[N+](=O)[O-])c1. The number of esters is 3. The zero-order valence-corrected chi connectivity index (χ0v) is 13.5. The Labute approximate surface area is 147 Å². The molecule has 0 fully saturated rings. The van der Waals surface area contributed by atoms with Crippen molar-refractivity contribution in [1.82, 2.24) is 0 Å². The monoisotopic (exact) mass is 359 g/mol. The normalized spacial score (nSPS) is 9.88. The van der Waals surface area contributed by atoms with Gasteiger partial charge in [0.15, 0.2) is 0 Å². The number of carbonyl (C=O) groups is 3. The van der Waals surface area contributed by atoms with Crippen LogP contribution < -0.4 is 4.74 Å². The van der Waals surface area contributed by atoms with Crippen LogP contribution in [0.25, 0.3) is 0 Å². The lowest BCUT2D eigenvalue weighted by atomic mass is 10.1. The minimum atomic E-state index is -1.00. The van der Waals surface area contributed by atoms with Gasteiger partial charge in [-0.25, -0.2) is 9.59 Å². The number of hydrogen-bond donors (Lipinski definition) is 0. The highest BCUT2D eigenvalue weighted by Crippen LogP contribution is 2.20. The molecule has 0 unspecified atom stereocenters. The van der Waals surface area contributed by atoms with Crippen LogP contribution in [0.3, 0.4) is 0 Å². The van der Waals surface area contributed by atoms with Crippen LogP contribution in [0.5, 0.6) is 5.75 Å². The molecular formula is C17H13NO8. The van der Waals surface area contributed by atoms with E-state index in [1.807, 2.05) is 0 Å². The third kappa shape index (κ3) is 5.13. The molecule has 2 rings (SSSR count). The first-order chi connectivity index (χ1) is 12.4. The van der Waals surface area contributed by atoms with Gasteiger partial charge < -0.3 is 14.3 Å². The second kappa shape index (κ2) is 8.38. The maximum absolute atomic E-state index is 12.2. The maximum atomic E-state index is 12.2. The Hall–Kier alpha value is -3.75. The molecule has 0 saturated heterocycles. The molecule has 0 aliphatic carbocycles. The first kappa shape index (κ1) is 18.6. The van der Waals surface area contributed by atoms with Crippen molar-refractivity contribution < 1.29 is 33.8 Å². The molecule has 0 N–H and O–H groups in total. The van der Waals surface area contributed by atoms with Crippen LogP contribution in [0.4, 0.5) is 0 Å². The molecule has 134 valence electrons. The smallest absolute Gasteiger partial charge is 0.349 e. The average molecular weight is 359 g/mol. The van der Waals surface area contributed by atoms with Crippen molar-refractivity contribution in [3.8, 4) is 5.75 Å². The van der Waals surface area contributed by atoms with Crippen molar-refractivity contribution in [2.45, 2.75) is 13.5 Å². The van der Waals surface area contributed by atoms with Crippen LogP contribution in [0, 0.1) is 10.1 Å². The molecule has 0 aromatic heterocycles. The lowest BCUT2D eigenvalue weighted by Gasteiger charge is -2.08. The predicted molar refractivity (Wildman–Crippen MR) is 85.7 cm³/mol. The highest BCUT2D eigenvalue weighted by Gasteiger charge is 2.19. The second-order valence-electron chi connectivity index (χ2n) is 4.96. The van der Waals surface area contributed by atoms with Gasteiger partial charge in [-0.05, 0) is 29.8 Å². The molecule has 0 aliphatic heterocycles. The number of nitrogens with zero attached hydrogens (tertiary/aromatic N) is 1. The number of rotatable bonds is 6. The third-order valence-corrected chi connectivity index (χ3v) is 3.05. The topological polar surface area (TPSA) is 122 Å². The van der Waals surface area contributed by atoms with Crippen LogP contribution in [0.2, 0.25) is 0 Å². The fraction of sp³-hybridized carbons (Fsp3) is 0.118. The fourth-order valence-electron chi connectivity index (χ4n) is 1.99. The summed E-state index contributed by atoms with van der Waals surface area (Å²) in [5, 5.41) is 9.26. The van der Waals surface area contributed by atoms with Crippen LogP contribution in [0.1, 0.15) is 33.2 Å². The molecule has 0 amide bonds. The van der Waals surface area contributed by atoms with E-state index in [0.717, 1.165) is 0 Å². The molecule has 0 bridgehead atoms. The quantitative estimate of drug-likeness (QED) is 0.253. The zero-order valence-electron chi connectivity index (χ0n) is 13.5. The van der Waals surface area contributed by atoms with Gasteiger partial charge in [0.05, 0.1) is 5.56 Å². The summed E-state index contributed by atoms with van der Waals surface area (Å²) in [5.74, 6) is -2.63. The lowest BCUT2D eigenvalue weighted by molar-refractivity contribution is -0.763. The van der Waals surface area contributed by atoms with Crippen molar-refractivity contribution >= 4 is 17.9 Å². The van der Waals surface area contributed by atoms with E-state index in [1.54, 1.807) is 6.07 Å². The Morgan fingerprint density at radius 1 is 1.04 bits per heavy atom. The fourth-order valence-corrected chi connectivity index (χ4v) is 1.99. The number of carbonyl (C=O) groups excluding carboxylic acids is 3. The molecule has 26 heavy (non-hydrogen) atoms. The highest BCUT2D eigenvalue weighted by molar-refractivity contribution is 6.04. The standard InChI is InChI=1S/C17H13NO8/c1-11(19)25-15-8-3-2-7-14(15)17(21)26-16(20)13-6-4-5-12(9-13)10-24-18(22)23/h2-9H,10H2,1H3. The van der Waals surface area contributed by atoms with Gasteiger partial charge in [-0.1, -0.05) is 24.3 Å². The van der Waals surface area contributed by atoms with Crippen LogP contribution >= 0.6 is 0 Å². The zero-order chi connectivity index (χ0) is 19.1. The molecule has 0 aliphatic rings. The molecule has 0 atom stereocenters. The molecular weight excluding hydrogens is 346 g/mol. The number of benzene rings is 2. The van der Waals surface area contributed by atoms with Crippen molar-refractivity contribution in [1.29, 1.82) is 0 Å². The van der Waals surface area contributed by atoms with Crippen LogP contribution in [-0.2, 0) is 21.0 Å². The summed E-state index contributed by atoms with van der Waals surface area (Å²) in [4.78, 5) is 49.8. The molecule has 2 aromatic rings. The van der Waals surface area contributed by atoms with E-state index in [9.17, 15) is 24.5 Å². The molecule has 2 aromatic carbocycles. The highest BCUT2D eigenvalue weighted by atomic mass is 16.9. The van der Waals surface area contributed by atoms with E-state index < -0.39 is 23.0 Å². The summed E-state index contributed by atoms with van der Waals surface area (Å²) in [6, 6.07) is 11.5. The Morgan fingerprint density at radius 3 is 2.46 bits per heavy atom. The van der Waals surface area contributed by atoms with E-state index in [2.05, 4.69) is 4.84 Å². The molecule has 0 heterocycles. The summed E-state index contributed by atoms with van der Waals surface area (Å²) >= 11 is 0. The van der Waals surface area contributed by atoms with Gasteiger partial charge in [0.25, 0.3) is 5.09 Å². The van der Waals surface area contributed by atoms with Gasteiger partial charge in [-0.15, -0.1) is 10.1 Å². The Kier molecular flexibility index (Phi) is 5.99. The Morgan fingerprint density at radius 2 is 1.77 bits per heavy atom. The maximum Gasteiger partial charge on any atom is 0.349 e. The summed E-state index contributed by atoms with van der Waals surface area (Å²) in [7, 11) is 0. The molecule has 9 nitrogen and oxygen atoms in total. The van der Waals surface area contributed by atoms with Gasteiger partial charge in [0.2, 0.25) is 0 Å². The molecule has 9 heteroatoms. The van der Waals surface area contributed by atoms with Gasteiger partial charge in [-0.3, -0.25) is 4.79 Å². The predicted octanol–water partition coefficient (Wildman–Crippen LogP) is 2.32.